The molecule has 0 amide bonds. The Bertz CT molecular complexity index is 347. The Morgan fingerprint density at radius 2 is 2.06 bits per heavy atom. The summed E-state index contributed by atoms with van der Waals surface area (Å²) in [5.41, 5.74) is 0. The summed E-state index contributed by atoms with van der Waals surface area (Å²) in [6, 6.07) is 0. The minimum atomic E-state index is -0.354. The first kappa shape index (κ1) is 11.2. The number of carbonyl (C=O) groups is 2. The van der Waals surface area contributed by atoms with Crippen molar-refractivity contribution in [3.8, 4) is 0 Å². The van der Waals surface area contributed by atoms with Crippen LogP contribution in [0.5, 0.6) is 0 Å². The van der Waals surface area contributed by atoms with E-state index in [0.717, 1.165) is 0 Å². The molecular formula is C12H16O4. The lowest BCUT2D eigenvalue weighted by atomic mass is 9.70. The molecule has 1 fully saturated rings. The first-order valence-corrected chi connectivity index (χ1v) is 5.53. The minimum Gasteiger partial charge on any atom is -0.469 e. The Balaban J connectivity index is 2.33. The zero-order valence-electron chi connectivity index (χ0n) is 9.67. The third kappa shape index (κ3) is 1.52. The Hall–Kier alpha value is -1.32. The molecule has 0 spiro atoms. The van der Waals surface area contributed by atoms with E-state index in [9.17, 15) is 9.59 Å². The van der Waals surface area contributed by atoms with Crippen LogP contribution >= 0.6 is 0 Å². The molecule has 1 saturated heterocycles. The number of rotatable bonds is 1. The number of ether oxygens (including phenoxy) is 2. The Kier molecular flexibility index (Phi) is 2.74. The van der Waals surface area contributed by atoms with Gasteiger partial charge in [-0.15, -0.1) is 0 Å². The van der Waals surface area contributed by atoms with Crippen LogP contribution in [-0.4, -0.2) is 25.2 Å². The van der Waals surface area contributed by atoms with E-state index >= 15 is 0 Å². The summed E-state index contributed by atoms with van der Waals surface area (Å²) >= 11 is 0. The molecule has 88 valence electrons. The quantitative estimate of drug-likeness (QED) is 0.495. The topological polar surface area (TPSA) is 52.6 Å². The molecule has 0 aromatic carbocycles. The summed E-state index contributed by atoms with van der Waals surface area (Å²) in [5.74, 6) is -0.994. The third-order valence-electron chi connectivity index (χ3n) is 3.61. The van der Waals surface area contributed by atoms with Gasteiger partial charge in [-0.3, -0.25) is 9.59 Å². The average molecular weight is 224 g/mol. The van der Waals surface area contributed by atoms with E-state index in [4.69, 9.17) is 9.47 Å². The number of esters is 2. The van der Waals surface area contributed by atoms with E-state index in [0.29, 0.717) is 0 Å². The van der Waals surface area contributed by atoms with Crippen molar-refractivity contribution >= 4 is 11.9 Å². The Morgan fingerprint density at radius 1 is 1.38 bits per heavy atom. The predicted octanol–water partition coefficient (Wildman–Crippen LogP) is 1.16. The molecule has 0 bridgehead atoms. The van der Waals surface area contributed by atoms with Gasteiger partial charge in [-0.05, 0) is 12.8 Å². The van der Waals surface area contributed by atoms with E-state index < -0.39 is 0 Å². The highest BCUT2D eigenvalue weighted by molar-refractivity contribution is 5.81. The van der Waals surface area contributed by atoms with E-state index in [1.165, 1.54) is 7.11 Å². The maximum absolute atomic E-state index is 11.7. The lowest BCUT2D eigenvalue weighted by Gasteiger charge is -2.30. The van der Waals surface area contributed by atoms with Gasteiger partial charge in [-0.1, -0.05) is 19.1 Å². The highest BCUT2D eigenvalue weighted by Crippen LogP contribution is 2.43. The monoisotopic (exact) mass is 224 g/mol. The lowest BCUT2D eigenvalue weighted by molar-refractivity contribution is -0.147. The fraction of sp³-hybridized carbons (Fsp3) is 0.667. The smallest absolute Gasteiger partial charge is 0.312 e. The summed E-state index contributed by atoms with van der Waals surface area (Å²) in [7, 11) is 1.37. The van der Waals surface area contributed by atoms with Crippen LogP contribution in [0.3, 0.4) is 0 Å². The second kappa shape index (κ2) is 3.92. The van der Waals surface area contributed by atoms with Gasteiger partial charge in [0.2, 0.25) is 0 Å². The highest BCUT2D eigenvalue weighted by atomic mass is 16.6. The Labute approximate surface area is 94.6 Å². The highest BCUT2D eigenvalue weighted by Gasteiger charge is 2.51. The van der Waals surface area contributed by atoms with Gasteiger partial charge in [0, 0.05) is 5.92 Å². The zero-order chi connectivity index (χ0) is 11.9. The van der Waals surface area contributed by atoms with Gasteiger partial charge in [0.25, 0.3) is 0 Å². The molecule has 0 radical (unpaired) electrons. The van der Waals surface area contributed by atoms with E-state index in [1.54, 1.807) is 0 Å². The molecule has 2 aliphatic rings. The van der Waals surface area contributed by atoms with Gasteiger partial charge < -0.3 is 9.47 Å². The molecule has 0 aromatic rings. The summed E-state index contributed by atoms with van der Waals surface area (Å²) in [4.78, 5) is 23.3. The van der Waals surface area contributed by atoms with Crippen LogP contribution < -0.4 is 0 Å². The van der Waals surface area contributed by atoms with Crippen LogP contribution in [0.1, 0.15) is 13.8 Å². The lowest BCUT2D eigenvalue weighted by Crippen LogP contribution is -2.37. The fourth-order valence-electron chi connectivity index (χ4n) is 2.78. The number of hydrogen-bond acceptors (Lipinski definition) is 4. The first-order chi connectivity index (χ1) is 7.56. The van der Waals surface area contributed by atoms with Gasteiger partial charge in [0.1, 0.15) is 6.10 Å². The van der Waals surface area contributed by atoms with Crippen LogP contribution in [0, 0.1) is 23.7 Å². The number of methoxy groups -OCH3 is 1. The summed E-state index contributed by atoms with van der Waals surface area (Å²) in [6.07, 6.45) is 3.53. The largest absolute Gasteiger partial charge is 0.469 e. The molecule has 1 heterocycles. The fourth-order valence-corrected chi connectivity index (χ4v) is 2.78. The SMILES string of the molecule is COC(=O)[C@H]1C=C[C@@H](C)[C@H]2C(=O)O[C@H](C)[C@H]21. The van der Waals surface area contributed by atoms with Crippen molar-refractivity contribution < 1.29 is 19.1 Å². The Morgan fingerprint density at radius 3 is 2.69 bits per heavy atom. The summed E-state index contributed by atoms with van der Waals surface area (Å²) in [5, 5.41) is 0. The van der Waals surface area contributed by atoms with Crippen molar-refractivity contribution in [3.63, 3.8) is 0 Å². The van der Waals surface area contributed by atoms with Crippen molar-refractivity contribution in [2.24, 2.45) is 23.7 Å². The standard InChI is InChI=1S/C12H16O4/c1-6-4-5-8(11(13)15-3)10-7(2)16-12(14)9(6)10/h4-10H,1-3H3/t6-,7-,8+,9-,10+/m1/s1. The van der Waals surface area contributed by atoms with Gasteiger partial charge in [0.15, 0.2) is 0 Å². The molecule has 0 unspecified atom stereocenters. The number of cyclic esters (lactones) is 1. The molecule has 2 rings (SSSR count). The minimum absolute atomic E-state index is 0.0834. The van der Waals surface area contributed by atoms with E-state index in [1.807, 2.05) is 26.0 Å². The predicted molar refractivity (Wildman–Crippen MR) is 56.3 cm³/mol. The molecule has 1 aliphatic heterocycles. The number of fused-ring (bicyclic) bond motifs is 1. The molecule has 0 saturated carbocycles. The van der Waals surface area contributed by atoms with Crippen molar-refractivity contribution in [1.82, 2.24) is 0 Å². The van der Waals surface area contributed by atoms with Crippen LogP contribution in [0.4, 0.5) is 0 Å². The maximum atomic E-state index is 11.7. The number of allylic oxidation sites excluding steroid dienone is 1. The first-order valence-electron chi connectivity index (χ1n) is 5.53. The third-order valence-corrected chi connectivity index (χ3v) is 3.61. The van der Waals surface area contributed by atoms with Gasteiger partial charge >= 0.3 is 11.9 Å². The zero-order valence-corrected chi connectivity index (χ0v) is 9.67. The number of hydrogen-bond donors (Lipinski definition) is 0. The van der Waals surface area contributed by atoms with Crippen molar-refractivity contribution in [3.05, 3.63) is 12.2 Å². The molecule has 5 atom stereocenters. The molecule has 16 heavy (non-hydrogen) atoms. The second-order valence-corrected chi connectivity index (χ2v) is 4.54. The van der Waals surface area contributed by atoms with Crippen LogP contribution in [0.2, 0.25) is 0 Å². The molecule has 1 aliphatic carbocycles. The average Bonchev–Trinajstić information content (AvgIpc) is 2.55. The van der Waals surface area contributed by atoms with Gasteiger partial charge in [-0.2, -0.15) is 0 Å². The number of carbonyl (C=O) groups excluding carboxylic acids is 2. The van der Waals surface area contributed by atoms with Crippen LogP contribution in [0.25, 0.3) is 0 Å². The molecular weight excluding hydrogens is 208 g/mol. The molecule has 0 aromatic heterocycles. The molecule has 4 nitrogen and oxygen atoms in total. The molecule has 4 heteroatoms. The van der Waals surface area contributed by atoms with Crippen molar-refractivity contribution in [1.29, 1.82) is 0 Å². The summed E-state index contributed by atoms with van der Waals surface area (Å²) < 4.78 is 9.98. The van der Waals surface area contributed by atoms with Crippen LogP contribution in [-0.2, 0) is 19.1 Å². The van der Waals surface area contributed by atoms with Gasteiger partial charge in [-0.25, -0.2) is 0 Å². The maximum Gasteiger partial charge on any atom is 0.312 e. The normalized spacial score (nSPS) is 41.4. The summed E-state index contributed by atoms with van der Waals surface area (Å²) in [6.45, 7) is 3.81. The van der Waals surface area contributed by atoms with Crippen molar-refractivity contribution in [2.75, 3.05) is 7.11 Å². The van der Waals surface area contributed by atoms with E-state index in [2.05, 4.69) is 0 Å². The van der Waals surface area contributed by atoms with Crippen molar-refractivity contribution in [2.45, 2.75) is 20.0 Å². The second-order valence-electron chi connectivity index (χ2n) is 4.54. The van der Waals surface area contributed by atoms with Gasteiger partial charge in [0.05, 0.1) is 18.9 Å². The molecule has 0 N–H and O–H groups in total. The van der Waals surface area contributed by atoms with Crippen LogP contribution in [0.15, 0.2) is 12.2 Å². The van der Waals surface area contributed by atoms with E-state index in [-0.39, 0.29) is 41.7 Å².